The Morgan fingerprint density at radius 2 is 0.812 bits per heavy atom. The Hall–Kier alpha value is -1.47. The maximum atomic E-state index is 8.00. The van der Waals surface area contributed by atoms with Gasteiger partial charge in [0.25, 0.3) is 0 Å². The summed E-state index contributed by atoms with van der Waals surface area (Å²) < 4.78 is 0. The molecule has 94 valence electrons. The van der Waals surface area contributed by atoms with Crippen LogP contribution in [0.3, 0.4) is 0 Å². The molecule has 0 saturated heterocycles. The number of nitrogens with zero attached hydrogens (tertiary/aromatic N) is 1. The third kappa shape index (κ3) is 5970. The molecule has 0 atom stereocenters. The summed E-state index contributed by atoms with van der Waals surface area (Å²) in [6, 6.07) is 2.03. The average molecular weight is 403 g/mol. The van der Waals surface area contributed by atoms with Crippen molar-refractivity contribution in [2.45, 2.75) is 13.8 Å². The van der Waals surface area contributed by atoms with Gasteiger partial charge in [0.15, 0.2) is 0 Å². The van der Waals surface area contributed by atoms with Gasteiger partial charge in [-0.25, -0.2) is 0 Å². The molecule has 0 saturated carbocycles. The van der Waals surface area contributed by atoms with Crippen LogP contribution in [0.15, 0.2) is 0 Å². The van der Waals surface area contributed by atoms with Crippen LogP contribution in [0.2, 0.25) is 0 Å². The smallest absolute Gasteiger partial charge is 0.106 e. The molecule has 0 rings (SSSR count). The summed E-state index contributed by atoms with van der Waals surface area (Å²) in [4.78, 5) is 40.0. The van der Waals surface area contributed by atoms with Crippen molar-refractivity contribution in [1.82, 2.24) is 0 Å². The van der Waals surface area contributed by atoms with Gasteiger partial charge in [0.2, 0.25) is 0 Å². The second-order valence-corrected chi connectivity index (χ2v) is 1.28. The molecule has 0 radical (unpaired) electrons. The standard InChI is InChI=1S/C4H7N.5CH2O.W/c1-4(2)3-5;5*1-2;/h4H,1-2H3;5*1H2;. The van der Waals surface area contributed by atoms with Gasteiger partial charge in [-0.2, -0.15) is 5.26 Å². The zero-order valence-corrected chi connectivity index (χ0v) is 12.4. The minimum absolute atomic E-state index is 0. The first-order chi connectivity index (χ1) is 7.27. The van der Waals surface area contributed by atoms with Gasteiger partial charge < -0.3 is 24.0 Å². The van der Waals surface area contributed by atoms with E-state index in [4.69, 9.17) is 29.2 Å². The third-order valence-corrected chi connectivity index (χ3v) is 0.258. The summed E-state index contributed by atoms with van der Waals surface area (Å²) in [5, 5.41) is 7.89. The predicted molar refractivity (Wildman–Crippen MR) is 56.1 cm³/mol. The summed E-state index contributed by atoms with van der Waals surface area (Å²) in [6.07, 6.45) is 0. The molecule has 0 spiro atoms. The van der Waals surface area contributed by atoms with E-state index in [1.165, 1.54) is 0 Å². The van der Waals surface area contributed by atoms with E-state index in [0.29, 0.717) is 0 Å². The van der Waals surface area contributed by atoms with Crippen molar-refractivity contribution < 1.29 is 45.0 Å². The molecule has 0 heterocycles. The van der Waals surface area contributed by atoms with E-state index in [2.05, 4.69) is 0 Å². The molecule has 0 aliphatic carbocycles. The summed E-state index contributed by atoms with van der Waals surface area (Å²) in [5.41, 5.74) is 0. The van der Waals surface area contributed by atoms with E-state index in [1.54, 1.807) is 0 Å². The quantitative estimate of drug-likeness (QED) is 0.574. The Bertz CT molecular complexity index is 107. The number of carbonyl (C=O) groups is 5. The molecule has 0 aromatic heterocycles. The van der Waals surface area contributed by atoms with Gasteiger partial charge in [0.1, 0.15) is 33.9 Å². The van der Waals surface area contributed by atoms with Crippen molar-refractivity contribution >= 4 is 33.9 Å². The van der Waals surface area contributed by atoms with Crippen LogP contribution in [0, 0.1) is 17.2 Å². The first-order valence-electron chi connectivity index (χ1n) is 3.11. The molecule has 0 aliphatic heterocycles. The van der Waals surface area contributed by atoms with Gasteiger partial charge >= 0.3 is 0 Å². The SMILES string of the molecule is C=O.C=O.C=O.C=O.C=O.CC(C)C#N.[W]. The molecule has 7 heteroatoms. The van der Waals surface area contributed by atoms with E-state index >= 15 is 0 Å². The van der Waals surface area contributed by atoms with Gasteiger partial charge in [-0.3, -0.25) is 0 Å². The van der Waals surface area contributed by atoms with Crippen LogP contribution in [0.4, 0.5) is 0 Å². The first-order valence-corrected chi connectivity index (χ1v) is 3.11. The number of hydrogen-bond acceptors (Lipinski definition) is 6. The van der Waals surface area contributed by atoms with Gasteiger partial charge in [-0.05, 0) is 13.8 Å². The second kappa shape index (κ2) is 332. The van der Waals surface area contributed by atoms with Crippen LogP contribution < -0.4 is 0 Å². The number of rotatable bonds is 0. The van der Waals surface area contributed by atoms with Crippen LogP contribution in [-0.4, -0.2) is 33.9 Å². The van der Waals surface area contributed by atoms with Crippen LogP contribution in [0.5, 0.6) is 0 Å². The Labute approximate surface area is 110 Å². The third-order valence-electron chi connectivity index (χ3n) is 0.258. The molecular weight excluding hydrogens is 386 g/mol. The van der Waals surface area contributed by atoms with Crippen molar-refractivity contribution in [3.05, 3.63) is 0 Å². The van der Waals surface area contributed by atoms with E-state index in [9.17, 15) is 0 Å². The van der Waals surface area contributed by atoms with Crippen LogP contribution in [0.25, 0.3) is 0 Å². The Morgan fingerprint density at radius 1 is 0.750 bits per heavy atom. The normalized spacial score (nSPS) is 3.62. The number of hydrogen-bond donors (Lipinski definition) is 0. The van der Waals surface area contributed by atoms with Crippen LogP contribution in [0.1, 0.15) is 13.8 Å². The molecule has 0 aromatic carbocycles. The molecule has 0 N–H and O–H groups in total. The van der Waals surface area contributed by atoms with Crippen LogP contribution >= 0.6 is 0 Å². The largest absolute Gasteiger partial charge is 0.307 e. The second-order valence-electron chi connectivity index (χ2n) is 1.28. The van der Waals surface area contributed by atoms with Gasteiger partial charge in [-0.1, -0.05) is 0 Å². The fourth-order valence-electron chi connectivity index (χ4n) is 0. The summed E-state index contributed by atoms with van der Waals surface area (Å²) >= 11 is 0. The molecule has 0 aromatic rings. The number of carbonyl (C=O) groups excluding carboxylic acids is 5. The number of nitriles is 1. The molecule has 0 amide bonds. The fourth-order valence-corrected chi connectivity index (χ4v) is 0. The Balaban J connectivity index is -0.0000000130. The zero-order valence-electron chi connectivity index (χ0n) is 9.51. The predicted octanol–water partition coefficient (Wildman–Crippen LogP) is 0.239. The van der Waals surface area contributed by atoms with E-state index in [1.807, 2.05) is 53.9 Å². The maximum Gasteiger partial charge on any atom is 0.106 e. The van der Waals surface area contributed by atoms with Gasteiger partial charge in [-0.15, -0.1) is 0 Å². The molecule has 0 unspecified atom stereocenters. The van der Waals surface area contributed by atoms with E-state index < -0.39 is 0 Å². The van der Waals surface area contributed by atoms with Crippen molar-refractivity contribution in [3.8, 4) is 6.07 Å². The molecule has 0 aliphatic rings. The van der Waals surface area contributed by atoms with Gasteiger partial charge in [0, 0.05) is 27.0 Å². The summed E-state index contributed by atoms with van der Waals surface area (Å²) in [5.74, 6) is 0.190. The Kier molecular flexibility index (Phi) is 974. The van der Waals surface area contributed by atoms with Crippen molar-refractivity contribution in [1.29, 1.82) is 5.26 Å². The maximum absolute atomic E-state index is 8.00. The van der Waals surface area contributed by atoms with E-state index in [-0.39, 0.29) is 27.0 Å². The van der Waals surface area contributed by atoms with E-state index in [0.717, 1.165) is 0 Å². The fraction of sp³-hybridized carbons (Fsp3) is 0.333. The Morgan fingerprint density at radius 3 is 0.812 bits per heavy atom. The van der Waals surface area contributed by atoms with Crippen molar-refractivity contribution in [2.75, 3.05) is 0 Å². The van der Waals surface area contributed by atoms with Gasteiger partial charge in [0.05, 0.1) is 6.07 Å². The monoisotopic (exact) mass is 403 g/mol. The van der Waals surface area contributed by atoms with Crippen molar-refractivity contribution in [2.24, 2.45) is 5.92 Å². The molecule has 0 bridgehead atoms. The minimum Gasteiger partial charge on any atom is -0.307 e. The zero-order chi connectivity index (χ0) is 14.3. The molecule has 16 heavy (non-hydrogen) atoms. The average Bonchev–Trinajstić information content (AvgIpc) is 2.41. The summed E-state index contributed by atoms with van der Waals surface area (Å²) in [6.45, 7) is 13.7. The molecule has 6 nitrogen and oxygen atoms in total. The summed E-state index contributed by atoms with van der Waals surface area (Å²) in [7, 11) is 0. The topological polar surface area (TPSA) is 109 Å². The minimum atomic E-state index is 0. The van der Waals surface area contributed by atoms with Crippen molar-refractivity contribution in [3.63, 3.8) is 0 Å². The van der Waals surface area contributed by atoms with Crippen LogP contribution in [-0.2, 0) is 45.0 Å². The first kappa shape index (κ1) is 46.9. The molecular formula is C9H17NO5W. The molecule has 0 fully saturated rings.